The number of nitriles is 1. The standard InChI is InChI=1S/C21H21N3OS2/c1-13-8-6-7-10-16(13)24-20(25)18-15-9-4-3-5-11-17(15)27-19(18)23-21(24)26-14(2)12-22/h6-8,10,14H,3-5,9,11H2,1-2H3/t14-/m1/s1. The Balaban J connectivity index is 2.03. The van der Waals surface area contributed by atoms with Gasteiger partial charge in [-0.25, -0.2) is 4.98 Å². The maximum atomic E-state index is 13.7. The minimum absolute atomic E-state index is 0.00124. The molecule has 2 heterocycles. The lowest BCUT2D eigenvalue weighted by molar-refractivity contribution is 0.713. The van der Waals surface area contributed by atoms with Crippen LogP contribution in [0.25, 0.3) is 15.9 Å². The fraction of sp³-hybridized carbons (Fsp3) is 0.381. The van der Waals surface area contributed by atoms with Gasteiger partial charge in [0.25, 0.3) is 5.56 Å². The van der Waals surface area contributed by atoms with Crippen LogP contribution in [-0.2, 0) is 12.8 Å². The number of aromatic nitrogens is 2. The normalized spacial score (nSPS) is 15.1. The molecule has 27 heavy (non-hydrogen) atoms. The number of thioether (sulfide) groups is 1. The molecule has 1 aromatic carbocycles. The molecule has 1 atom stereocenters. The van der Waals surface area contributed by atoms with E-state index >= 15 is 0 Å². The van der Waals surface area contributed by atoms with Crippen LogP contribution in [0, 0.1) is 18.3 Å². The second kappa shape index (κ2) is 7.49. The summed E-state index contributed by atoms with van der Waals surface area (Å²) in [5, 5.41) is 10.4. The van der Waals surface area contributed by atoms with Gasteiger partial charge in [-0.15, -0.1) is 11.3 Å². The van der Waals surface area contributed by atoms with E-state index in [4.69, 9.17) is 4.98 Å². The fourth-order valence-corrected chi connectivity index (χ4v) is 5.76. The van der Waals surface area contributed by atoms with Crippen LogP contribution >= 0.6 is 23.1 Å². The van der Waals surface area contributed by atoms with Gasteiger partial charge in [0.1, 0.15) is 4.83 Å². The minimum atomic E-state index is -0.276. The van der Waals surface area contributed by atoms with Gasteiger partial charge in [0.05, 0.1) is 22.4 Å². The van der Waals surface area contributed by atoms with Gasteiger partial charge < -0.3 is 0 Å². The van der Waals surface area contributed by atoms with Gasteiger partial charge in [-0.3, -0.25) is 9.36 Å². The Hall–Kier alpha value is -2.10. The first kappa shape index (κ1) is 18.3. The molecule has 4 nitrogen and oxygen atoms in total. The zero-order valence-electron chi connectivity index (χ0n) is 15.5. The highest BCUT2D eigenvalue weighted by Gasteiger charge is 2.23. The van der Waals surface area contributed by atoms with E-state index in [0.29, 0.717) is 5.16 Å². The number of thiophene rings is 1. The highest BCUT2D eigenvalue weighted by molar-refractivity contribution is 8.00. The van der Waals surface area contributed by atoms with Gasteiger partial charge in [0.2, 0.25) is 0 Å². The van der Waals surface area contributed by atoms with Gasteiger partial charge in [-0.1, -0.05) is 36.4 Å². The maximum absolute atomic E-state index is 13.7. The van der Waals surface area contributed by atoms with Crippen LogP contribution in [-0.4, -0.2) is 14.8 Å². The SMILES string of the molecule is Cc1ccccc1-n1c(S[C@H](C)C#N)nc2sc3c(c2c1=O)CCCCC3. The van der Waals surface area contributed by atoms with Gasteiger partial charge in [-0.05, 0) is 56.7 Å². The van der Waals surface area contributed by atoms with Crippen molar-refractivity contribution in [1.82, 2.24) is 9.55 Å². The van der Waals surface area contributed by atoms with E-state index in [2.05, 4.69) is 6.07 Å². The summed E-state index contributed by atoms with van der Waals surface area (Å²) in [5.41, 5.74) is 3.07. The van der Waals surface area contributed by atoms with Crippen LogP contribution in [0.4, 0.5) is 0 Å². The third-order valence-corrected chi connectivity index (χ3v) is 7.16. The Morgan fingerprint density at radius 3 is 2.81 bits per heavy atom. The van der Waals surface area contributed by atoms with Crippen LogP contribution in [0.3, 0.4) is 0 Å². The molecule has 0 spiro atoms. The van der Waals surface area contributed by atoms with Crippen molar-refractivity contribution in [2.45, 2.75) is 56.4 Å². The molecular formula is C21H21N3OS2. The van der Waals surface area contributed by atoms with Crippen molar-refractivity contribution in [3.05, 3.63) is 50.6 Å². The predicted octanol–water partition coefficient (Wildman–Crippen LogP) is 5.03. The molecule has 0 radical (unpaired) electrons. The Labute approximate surface area is 166 Å². The third kappa shape index (κ3) is 3.30. The number of nitrogens with zero attached hydrogens (tertiary/aromatic N) is 3. The molecule has 0 N–H and O–H groups in total. The van der Waals surface area contributed by atoms with E-state index in [1.54, 1.807) is 15.9 Å². The largest absolute Gasteiger partial charge is 0.268 e. The van der Waals surface area contributed by atoms with Crippen molar-refractivity contribution >= 4 is 33.3 Å². The lowest BCUT2D eigenvalue weighted by Crippen LogP contribution is -2.23. The smallest absolute Gasteiger partial charge is 0.267 e. The summed E-state index contributed by atoms with van der Waals surface area (Å²) >= 11 is 3.01. The molecule has 2 aromatic heterocycles. The zero-order valence-corrected chi connectivity index (χ0v) is 17.1. The summed E-state index contributed by atoms with van der Waals surface area (Å²) < 4.78 is 1.72. The molecule has 0 unspecified atom stereocenters. The summed E-state index contributed by atoms with van der Waals surface area (Å²) in [7, 11) is 0. The van der Waals surface area contributed by atoms with Crippen LogP contribution in [0.5, 0.6) is 0 Å². The number of hydrogen-bond acceptors (Lipinski definition) is 5. The highest BCUT2D eigenvalue weighted by Crippen LogP contribution is 2.35. The summed E-state index contributed by atoms with van der Waals surface area (Å²) in [5.74, 6) is 0. The zero-order chi connectivity index (χ0) is 19.0. The maximum Gasteiger partial charge on any atom is 0.267 e. The van der Waals surface area contributed by atoms with Crippen molar-refractivity contribution < 1.29 is 0 Å². The van der Waals surface area contributed by atoms with Crippen molar-refractivity contribution in [2.24, 2.45) is 0 Å². The van der Waals surface area contributed by atoms with E-state index in [-0.39, 0.29) is 10.8 Å². The van der Waals surface area contributed by atoms with Crippen LogP contribution in [0.2, 0.25) is 0 Å². The van der Waals surface area contributed by atoms with Gasteiger partial charge in [-0.2, -0.15) is 5.26 Å². The number of para-hydroxylation sites is 1. The number of aryl methyl sites for hydroxylation is 3. The average Bonchev–Trinajstić information content (AvgIpc) is 2.84. The van der Waals surface area contributed by atoms with E-state index in [0.717, 1.165) is 40.7 Å². The quantitative estimate of drug-likeness (QED) is 0.355. The molecule has 138 valence electrons. The summed E-state index contributed by atoms with van der Waals surface area (Å²) in [6.45, 7) is 3.84. The molecule has 6 heteroatoms. The molecular weight excluding hydrogens is 374 g/mol. The lowest BCUT2D eigenvalue weighted by atomic mass is 10.1. The number of benzene rings is 1. The first-order valence-electron chi connectivity index (χ1n) is 9.29. The predicted molar refractivity (Wildman–Crippen MR) is 112 cm³/mol. The molecule has 0 aliphatic heterocycles. The molecule has 0 bridgehead atoms. The summed E-state index contributed by atoms with van der Waals surface area (Å²) in [6.07, 6.45) is 5.53. The molecule has 0 fully saturated rings. The first-order chi connectivity index (χ1) is 13.1. The number of fused-ring (bicyclic) bond motifs is 3. The van der Waals surface area contributed by atoms with Crippen LogP contribution in [0.15, 0.2) is 34.2 Å². The van der Waals surface area contributed by atoms with Crippen molar-refractivity contribution in [3.8, 4) is 11.8 Å². The van der Waals surface area contributed by atoms with Crippen LogP contribution in [0.1, 0.15) is 42.2 Å². The Bertz CT molecular complexity index is 1110. The Kier molecular flexibility index (Phi) is 5.07. The fourth-order valence-electron chi connectivity index (χ4n) is 3.65. The highest BCUT2D eigenvalue weighted by atomic mass is 32.2. The van der Waals surface area contributed by atoms with Gasteiger partial charge in [0, 0.05) is 4.88 Å². The van der Waals surface area contributed by atoms with Gasteiger partial charge >= 0.3 is 0 Å². The van der Waals surface area contributed by atoms with E-state index < -0.39 is 0 Å². The minimum Gasteiger partial charge on any atom is -0.268 e. The van der Waals surface area contributed by atoms with E-state index in [1.807, 2.05) is 38.1 Å². The van der Waals surface area contributed by atoms with E-state index in [1.165, 1.54) is 35.0 Å². The van der Waals surface area contributed by atoms with Crippen molar-refractivity contribution in [1.29, 1.82) is 5.26 Å². The van der Waals surface area contributed by atoms with Crippen LogP contribution < -0.4 is 5.56 Å². The monoisotopic (exact) mass is 395 g/mol. The summed E-state index contributed by atoms with van der Waals surface area (Å²) in [6, 6.07) is 10.1. The summed E-state index contributed by atoms with van der Waals surface area (Å²) in [4.78, 5) is 20.7. The third-order valence-electron chi connectivity index (χ3n) is 5.03. The van der Waals surface area contributed by atoms with E-state index in [9.17, 15) is 10.1 Å². The average molecular weight is 396 g/mol. The molecule has 0 saturated heterocycles. The molecule has 3 aromatic rings. The first-order valence-corrected chi connectivity index (χ1v) is 11.0. The Morgan fingerprint density at radius 1 is 1.26 bits per heavy atom. The second-order valence-electron chi connectivity index (χ2n) is 6.96. The topological polar surface area (TPSA) is 58.7 Å². The van der Waals surface area contributed by atoms with Crippen molar-refractivity contribution in [3.63, 3.8) is 0 Å². The molecule has 1 aliphatic carbocycles. The Morgan fingerprint density at radius 2 is 2.04 bits per heavy atom. The number of hydrogen-bond donors (Lipinski definition) is 0. The molecule has 0 amide bonds. The molecule has 0 saturated carbocycles. The number of rotatable bonds is 3. The van der Waals surface area contributed by atoms with Gasteiger partial charge in [0.15, 0.2) is 5.16 Å². The lowest BCUT2D eigenvalue weighted by Gasteiger charge is -2.15. The molecule has 4 rings (SSSR count). The second-order valence-corrected chi connectivity index (χ2v) is 9.35. The molecule has 1 aliphatic rings. The van der Waals surface area contributed by atoms with Crippen molar-refractivity contribution in [2.75, 3.05) is 0 Å².